The number of nitrogens with zero attached hydrogens (tertiary/aromatic N) is 2. The van der Waals surface area contributed by atoms with Crippen molar-refractivity contribution in [2.24, 2.45) is 16.2 Å². The van der Waals surface area contributed by atoms with Gasteiger partial charge in [-0.15, -0.1) is 0 Å². The van der Waals surface area contributed by atoms with Gasteiger partial charge in [0.25, 0.3) is 0 Å². The number of hydrogen-bond donors (Lipinski definition) is 2. The van der Waals surface area contributed by atoms with Gasteiger partial charge in [0.1, 0.15) is 0 Å². The number of carbonyl (C=O) groups is 1. The molecule has 0 aliphatic heterocycles. The van der Waals surface area contributed by atoms with E-state index in [1.807, 2.05) is 0 Å². The van der Waals surface area contributed by atoms with Crippen molar-refractivity contribution in [2.45, 2.75) is 19.5 Å². The van der Waals surface area contributed by atoms with E-state index in [0.29, 0.717) is 12.1 Å². The van der Waals surface area contributed by atoms with Crippen LogP contribution in [-0.4, -0.2) is 23.1 Å². The van der Waals surface area contributed by atoms with Gasteiger partial charge in [0.15, 0.2) is 5.71 Å². The molecule has 0 spiro atoms. The molecule has 0 bridgehead atoms. The summed E-state index contributed by atoms with van der Waals surface area (Å²) in [5, 5.41) is 14.3. The molecule has 0 heterocycles. The zero-order valence-electron chi connectivity index (χ0n) is 12.4. The van der Waals surface area contributed by atoms with E-state index in [2.05, 4.69) is 20.6 Å². The Morgan fingerprint density at radius 3 is 2.40 bits per heavy atom. The molecule has 0 aliphatic rings. The van der Waals surface area contributed by atoms with E-state index in [1.54, 1.807) is 0 Å². The molecule has 0 amide bonds. The summed E-state index contributed by atoms with van der Waals surface area (Å²) in [5.41, 5.74) is 0.720. The number of rotatable bonds is 6. The van der Waals surface area contributed by atoms with Crippen LogP contribution in [0.3, 0.4) is 0 Å². The fourth-order valence-electron chi connectivity index (χ4n) is 1.66. The highest BCUT2D eigenvalue weighted by molar-refractivity contribution is 6.39. The van der Waals surface area contributed by atoms with Crippen LogP contribution in [0.1, 0.15) is 18.9 Å². The molecule has 0 saturated carbocycles. The van der Waals surface area contributed by atoms with Gasteiger partial charge in [0, 0.05) is 16.7 Å². The summed E-state index contributed by atoms with van der Waals surface area (Å²) in [6, 6.07) is 1.36. The van der Waals surface area contributed by atoms with Crippen LogP contribution in [0.4, 0.5) is 23.4 Å². The predicted octanol–water partition coefficient (Wildman–Crippen LogP) is 4.69. The maximum absolute atomic E-state index is 12.6. The van der Waals surface area contributed by atoms with Crippen molar-refractivity contribution < 1.29 is 32.6 Å². The van der Waals surface area contributed by atoms with Gasteiger partial charge in [-0.1, -0.05) is 35.3 Å². The Hall–Kier alpha value is -2.07. The van der Waals surface area contributed by atoms with Gasteiger partial charge in [0.05, 0.1) is 21.3 Å². The van der Waals surface area contributed by atoms with E-state index in [9.17, 15) is 22.5 Å². The van der Waals surface area contributed by atoms with Crippen molar-refractivity contribution in [1.82, 2.24) is 0 Å². The van der Waals surface area contributed by atoms with Gasteiger partial charge >= 0.3 is 12.1 Å². The molecule has 0 aliphatic carbocycles. The number of carbonyl (C=O) groups excluding carboxylic acids is 1. The van der Waals surface area contributed by atoms with Crippen molar-refractivity contribution in [3.63, 3.8) is 0 Å². The molecule has 0 aromatic heterocycles. The Morgan fingerprint density at radius 1 is 1.40 bits per heavy atom. The molecule has 1 aromatic rings. The second kappa shape index (κ2) is 8.86. The van der Waals surface area contributed by atoms with Gasteiger partial charge in [0.2, 0.25) is 0 Å². The van der Waals surface area contributed by atoms with Crippen molar-refractivity contribution >= 4 is 46.8 Å². The quantitative estimate of drug-likeness (QED) is 0.312. The van der Waals surface area contributed by atoms with E-state index >= 15 is 0 Å². The highest BCUT2D eigenvalue weighted by atomic mass is 35.5. The normalized spacial score (nSPS) is 13.8. The lowest BCUT2D eigenvalue weighted by Crippen LogP contribution is -2.22. The SMILES string of the molecule is CC(CC=NNc1c(Cl)cc(C(F)(F)F)cc1Cl)C(=NO)C(=O)OF. The third kappa shape index (κ3) is 5.75. The minimum absolute atomic E-state index is 0.0113. The average molecular weight is 404 g/mol. The van der Waals surface area contributed by atoms with Crippen LogP contribution in [-0.2, 0) is 15.9 Å². The van der Waals surface area contributed by atoms with Gasteiger partial charge in [-0.2, -0.15) is 18.3 Å². The third-order valence-corrected chi connectivity index (χ3v) is 3.55. The zero-order chi connectivity index (χ0) is 19.2. The molecular formula is C13H11Cl2F4N3O3. The summed E-state index contributed by atoms with van der Waals surface area (Å²) in [6.07, 6.45) is -3.39. The number of halogens is 6. The lowest BCUT2D eigenvalue weighted by molar-refractivity contribution is -0.174. The minimum Gasteiger partial charge on any atom is -0.410 e. The van der Waals surface area contributed by atoms with Crippen LogP contribution in [0.5, 0.6) is 0 Å². The van der Waals surface area contributed by atoms with Crippen LogP contribution in [0.15, 0.2) is 22.4 Å². The first-order valence-electron chi connectivity index (χ1n) is 6.50. The maximum Gasteiger partial charge on any atom is 0.416 e. The van der Waals surface area contributed by atoms with Crippen LogP contribution in [0.25, 0.3) is 0 Å². The molecule has 1 unspecified atom stereocenters. The van der Waals surface area contributed by atoms with E-state index in [-0.39, 0.29) is 22.2 Å². The number of nitrogens with one attached hydrogen (secondary N) is 1. The Bertz CT molecular complexity index is 673. The van der Waals surface area contributed by atoms with Crippen LogP contribution in [0.2, 0.25) is 10.0 Å². The van der Waals surface area contributed by atoms with Crippen LogP contribution < -0.4 is 5.43 Å². The Kier molecular flexibility index (Phi) is 7.43. The predicted molar refractivity (Wildman–Crippen MR) is 83.8 cm³/mol. The second-order valence-corrected chi connectivity index (χ2v) is 5.54. The van der Waals surface area contributed by atoms with Gasteiger partial charge in [-0.3, -0.25) is 5.43 Å². The average Bonchev–Trinajstić information content (AvgIpc) is 2.52. The number of hydrazone groups is 1. The number of oxime groups is 1. The topological polar surface area (TPSA) is 83.3 Å². The number of hydrogen-bond acceptors (Lipinski definition) is 6. The smallest absolute Gasteiger partial charge is 0.410 e. The molecular weight excluding hydrogens is 393 g/mol. The number of anilines is 1. The highest BCUT2D eigenvalue weighted by Gasteiger charge is 2.32. The van der Waals surface area contributed by atoms with Gasteiger partial charge in [-0.25, -0.2) is 9.74 Å². The van der Waals surface area contributed by atoms with Crippen LogP contribution in [0, 0.1) is 5.92 Å². The fraction of sp³-hybridized carbons (Fsp3) is 0.308. The van der Waals surface area contributed by atoms with Gasteiger partial charge in [-0.05, 0) is 18.6 Å². The standard InChI is InChI=1S/C13H11Cl2F4N3O3/c1-6(10(22-24)12(23)25-19)2-3-20-21-11-8(14)4-7(5-9(11)15)13(16,17)18/h3-6,21,24H,2H2,1H3. The lowest BCUT2D eigenvalue weighted by Gasteiger charge is -2.12. The first kappa shape index (κ1) is 21.0. The number of benzene rings is 1. The molecule has 1 rings (SSSR count). The largest absolute Gasteiger partial charge is 0.416 e. The molecule has 12 heteroatoms. The summed E-state index contributed by atoms with van der Waals surface area (Å²) in [6.45, 7) is 1.43. The lowest BCUT2D eigenvalue weighted by atomic mass is 10.0. The molecule has 2 N–H and O–H groups in total. The monoisotopic (exact) mass is 403 g/mol. The molecule has 0 fully saturated rings. The first-order valence-corrected chi connectivity index (χ1v) is 7.26. The Morgan fingerprint density at radius 2 is 1.96 bits per heavy atom. The van der Waals surface area contributed by atoms with E-state index < -0.39 is 29.3 Å². The molecule has 1 aromatic carbocycles. The minimum atomic E-state index is -4.60. The Balaban J connectivity index is 2.79. The molecule has 1 atom stereocenters. The van der Waals surface area contributed by atoms with Crippen molar-refractivity contribution in [3.05, 3.63) is 27.7 Å². The Labute approximate surface area is 148 Å². The van der Waals surface area contributed by atoms with Crippen molar-refractivity contribution in [1.29, 1.82) is 0 Å². The van der Waals surface area contributed by atoms with Gasteiger partial charge < -0.3 is 5.21 Å². The van der Waals surface area contributed by atoms with E-state index in [1.165, 1.54) is 13.1 Å². The number of alkyl halides is 3. The molecule has 6 nitrogen and oxygen atoms in total. The maximum atomic E-state index is 12.6. The van der Waals surface area contributed by atoms with E-state index in [0.717, 1.165) is 0 Å². The summed E-state index contributed by atoms with van der Waals surface area (Å²) >= 11 is 11.5. The van der Waals surface area contributed by atoms with Crippen molar-refractivity contribution in [3.8, 4) is 0 Å². The summed E-state index contributed by atoms with van der Waals surface area (Å²) in [7, 11) is 0. The van der Waals surface area contributed by atoms with Crippen molar-refractivity contribution in [2.75, 3.05) is 5.43 Å². The summed E-state index contributed by atoms with van der Waals surface area (Å²) in [4.78, 5) is 13.9. The zero-order valence-corrected chi connectivity index (χ0v) is 14.0. The molecule has 25 heavy (non-hydrogen) atoms. The second-order valence-electron chi connectivity index (χ2n) is 4.72. The molecule has 0 saturated heterocycles. The van der Waals surface area contributed by atoms with Crippen LogP contribution >= 0.6 is 23.2 Å². The summed E-state index contributed by atoms with van der Waals surface area (Å²) in [5.74, 6) is -2.21. The molecule has 138 valence electrons. The summed E-state index contributed by atoms with van der Waals surface area (Å²) < 4.78 is 49.6. The third-order valence-electron chi connectivity index (χ3n) is 2.95. The van der Waals surface area contributed by atoms with E-state index in [4.69, 9.17) is 28.4 Å². The highest BCUT2D eigenvalue weighted by Crippen LogP contribution is 2.38. The first-order chi connectivity index (χ1) is 11.6. The fourth-order valence-corrected chi connectivity index (χ4v) is 2.23. The molecule has 0 radical (unpaired) electrons.